The standard InChI is InChI=1S/C21H16BrCl2NO3/c1-28-21(27)18(25-20(26)19-16(23)7-4-8-17(19)24)11-12-9-10-15(22)14-6-3-2-5-13(12)14/h2-10,18H,11H2,1H3,(H,25,26)/t18-/m0/s1. The molecule has 28 heavy (non-hydrogen) atoms. The van der Waals surface area contributed by atoms with E-state index in [1.807, 2.05) is 36.4 Å². The molecule has 0 aliphatic heterocycles. The van der Waals surface area contributed by atoms with Gasteiger partial charge in [-0.1, -0.05) is 75.5 Å². The van der Waals surface area contributed by atoms with E-state index in [2.05, 4.69) is 21.2 Å². The molecule has 0 saturated heterocycles. The summed E-state index contributed by atoms with van der Waals surface area (Å²) in [5.41, 5.74) is 1.03. The second-order valence-corrected chi connectivity index (χ2v) is 7.77. The minimum absolute atomic E-state index is 0.125. The van der Waals surface area contributed by atoms with Crippen molar-refractivity contribution in [3.05, 3.63) is 80.2 Å². The Balaban J connectivity index is 1.93. The molecule has 1 N–H and O–H groups in total. The summed E-state index contributed by atoms with van der Waals surface area (Å²) < 4.78 is 5.84. The number of esters is 1. The molecule has 3 rings (SSSR count). The normalized spacial score (nSPS) is 11.9. The number of fused-ring (bicyclic) bond motifs is 1. The predicted octanol–water partition coefficient (Wildman–Crippen LogP) is 5.42. The van der Waals surface area contributed by atoms with Crippen LogP contribution in [0.2, 0.25) is 10.0 Å². The third-order valence-electron chi connectivity index (χ3n) is 4.37. The van der Waals surface area contributed by atoms with Crippen LogP contribution in [0.25, 0.3) is 10.8 Å². The molecule has 0 fully saturated rings. The van der Waals surface area contributed by atoms with Crippen molar-refractivity contribution >= 4 is 61.8 Å². The fourth-order valence-corrected chi connectivity index (χ4v) is 4.05. The average molecular weight is 481 g/mol. The molecule has 0 aliphatic rings. The van der Waals surface area contributed by atoms with Gasteiger partial charge in [-0.05, 0) is 34.5 Å². The SMILES string of the molecule is COC(=O)[C@H](Cc1ccc(Br)c2ccccc12)NC(=O)c1c(Cl)cccc1Cl. The van der Waals surface area contributed by atoms with Crippen LogP contribution in [-0.4, -0.2) is 25.0 Å². The molecule has 0 radical (unpaired) electrons. The fraction of sp³-hybridized carbons (Fsp3) is 0.143. The van der Waals surface area contributed by atoms with E-state index in [0.717, 1.165) is 20.8 Å². The summed E-state index contributed by atoms with van der Waals surface area (Å²) in [4.78, 5) is 25.1. The Bertz CT molecular complexity index is 1030. The zero-order valence-electron chi connectivity index (χ0n) is 14.8. The third kappa shape index (κ3) is 4.32. The summed E-state index contributed by atoms with van der Waals surface area (Å²) in [5, 5.41) is 5.12. The molecule has 0 aromatic heterocycles. The topological polar surface area (TPSA) is 55.4 Å². The van der Waals surface area contributed by atoms with Crippen molar-refractivity contribution in [3.8, 4) is 0 Å². The van der Waals surface area contributed by atoms with Crippen molar-refractivity contribution in [1.82, 2.24) is 5.32 Å². The van der Waals surface area contributed by atoms with Gasteiger partial charge in [-0.15, -0.1) is 0 Å². The highest BCUT2D eigenvalue weighted by molar-refractivity contribution is 9.10. The smallest absolute Gasteiger partial charge is 0.328 e. The van der Waals surface area contributed by atoms with Gasteiger partial charge in [-0.2, -0.15) is 0 Å². The van der Waals surface area contributed by atoms with Gasteiger partial charge in [0.15, 0.2) is 0 Å². The maximum atomic E-state index is 12.7. The van der Waals surface area contributed by atoms with Crippen LogP contribution in [-0.2, 0) is 16.0 Å². The Labute approximate surface area is 180 Å². The first-order valence-electron chi connectivity index (χ1n) is 8.41. The van der Waals surface area contributed by atoms with Crippen LogP contribution in [0.3, 0.4) is 0 Å². The van der Waals surface area contributed by atoms with Crippen molar-refractivity contribution in [3.63, 3.8) is 0 Å². The van der Waals surface area contributed by atoms with E-state index in [1.54, 1.807) is 18.2 Å². The molecule has 144 valence electrons. The Hall–Kier alpha value is -2.08. The van der Waals surface area contributed by atoms with Gasteiger partial charge in [0.1, 0.15) is 6.04 Å². The van der Waals surface area contributed by atoms with E-state index in [-0.39, 0.29) is 22.0 Å². The molecule has 0 heterocycles. The number of rotatable bonds is 5. The first-order chi connectivity index (χ1) is 13.4. The monoisotopic (exact) mass is 479 g/mol. The Kier molecular flexibility index (Phi) is 6.60. The van der Waals surface area contributed by atoms with Crippen LogP contribution >= 0.6 is 39.1 Å². The van der Waals surface area contributed by atoms with Crippen LogP contribution in [0.1, 0.15) is 15.9 Å². The lowest BCUT2D eigenvalue weighted by Gasteiger charge is -2.19. The minimum Gasteiger partial charge on any atom is -0.467 e. The minimum atomic E-state index is -0.894. The molecule has 0 spiro atoms. The first kappa shape index (κ1) is 20.6. The van der Waals surface area contributed by atoms with Gasteiger partial charge in [0.2, 0.25) is 0 Å². The van der Waals surface area contributed by atoms with Crippen molar-refractivity contribution in [2.75, 3.05) is 7.11 Å². The molecule has 1 atom stereocenters. The average Bonchev–Trinajstić information content (AvgIpc) is 2.69. The van der Waals surface area contributed by atoms with Crippen LogP contribution in [0.15, 0.2) is 59.1 Å². The van der Waals surface area contributed by atoms with Gasteiger partial charge in [0.25, 0.3) is 5.91 Å². The molecule has 0 saturated carbocycles. The summed E-state index contributed by atoms with van der Waals surface area (Å²) in [6, 6.07) is 15.5. The molecule has 1 amide bonds. The zero-order valence-corrected chi connectivity index (χ0v) is 17.9. The molecule has 0 bridgehead atoms. The van der Waals surface area contributed by atoms with Crippen molar-refractivity contribution in [2.24, 2.45) is 0 Å². The molecule has 4 nitrogen and oxygen atoms in total. The lowest BCUT2D eigenvalue weighted by Crippen LogP contribution is -2.43. The van der Waals surface area contributed by atoms with Gasteiger partial charge in [0.05, 0.1) is 22.7 Å². The molecular weight excluding hydrogens is 465 g/mol. The lowest BCUT2D eigenvalue weighted by atomic mass is 9.98. The van der Waals surface area contributed by atoms with Gasteiger partial charge in [0, 0.05) is 10.9 Å². The highest BCUT2D eigenvalue weighted by Crippen LogP contribution is 2.28. The summed E-state index contributed by atoms with van der Waals surface area (Å²) in [6.07, 6.45) is 0.258. The number of halogens is 3. The Morgan fingerprint density at radius 3 is 2.29 bits per heavy atom. The highest BCUT2D eigenvalue weighted by Gasteiger charge is 2.25. The number of hydrogen-bond donors (Lipinski definition) is 1. The van der Waals surface area contributed by atoms with Crippen LogP contribution < -0.4 is 5.32 Å². The van der Waals surface area contributed by atoms with Gasteiger partial charge in [-0.25, -0.2) is 4.79 Å². The lowest BCUT2D eigenvalue weighted by molar-refractivity contribution is -0.142. The van der Waals surface area contributed by atoms with Gasteiger partial charge >= 0.3 is 5.97 Å². The highest BCUT2D eigenvalue weighted by atomic mass is 79.9. The zero-order chi connectivity index (χ0) is 20.3. The van der Waals surface area contributed by atoms with E-state index >= 15 is 0 Å². The van der Waals surface area contributed by atoms with Crippen molar-refractivity contribution in [1.29, 1.82) is 0 Å². The number of carbonyl (C=O) groups excluding carboxylic acids is 2. The Morgan fingerprint density at radius 2 is 1.64 bits per heavy atom. The van der Waals surface area contributed by atoms with E-state index in [1.165, 1.54) is 7.11 Å². The van der Waals surface area contributed by atoms with Crippen LogP contribution in [0, 0.1) is 0 Å². The first-order valence-corrected chi connectivity index (χ1v) is 9.96. The van der Waals surface area contributed by atoms with Crippen LogP contribution in [0.4, 0.5) is 0 Å². The van der Waals surface area contributed by atoms with E-state index in [0.29, 0.717) is 0 Å². The number of nitrogens with one attached hydrogen (secondary N) is 1. The Morgan fingerprint density at radius 1 is 1.00 bits per heavy atom. The summed E-state index contributed by atoms with van der Waals surface area (Å²) in [6.45, 7) is 0. The summed E-state index contributed by atoms with van der Waals surface area (Å²) in [5.74, 6) is -1.09. The number of benzene rings is 3. The second-order valence-electron chi connectivity index (χ2n) is 6.10. The van der Waals surface area contributed by atoms with E-state index < -0.39 is 17.9 Å². The number of hydrogen-bond acceptors (Lipinski definition) is 3. The molecule has 3 aromatic carbocycles. The molecule has 0 aliphatic carbocycles. The van der Waals surface area contributed by atoms with Gasteiger partial charge < -0.3 is 10.1 Å². The van der Waals surface area contributed by atoms with Crippen molar-refractivity contribution < 1.29 is 14.3 Å². The maximum absolute atomic E-state index is 12.7. The number of methoxy groups -OCH3 is 1. The summed E-state index contributed by atoms with van der Waals surface area (Å²) >= 11 is 15.8. The van der Waals surface area contributed by atoms with E-state index in [4.69, 9.17) is 27.9 Å². The largest absolute Gasteiger partial charge is 0.467 e. The second kappa shape index (κ2) is 8.95. The van der Waals surface area contributed by atoms with Crippen LogP contribution in [0.5, 0.6) is 0 Å². The predicted molar refractivity (Wildman–Crippen MR) is 115 cm³/mol. The summed E-state index contributed by atoms with van der Waals surface area (Å²) in [7, 11) is 1.28. The molecular formula is C21H16BrCl2NO3. The number of ether oxygens (including phenoxy) is 1. The van der Waals surface area contributed by atoms with Gasteiger partial charge in [-0.3, -0.25) is 4.79 Å². The number of carbonyl (C=O) groups is 2. The molecule has 7 heteroatoms. The molecule has 0 unspecified atom stereocenters. The molecule has 3 aromatic rings. The number of amides is 1. The quantitative estimate of drug-likeness (QED) is 0.496. The van der Waals surface area contributed by atoms with E-state index in [9.17, 15) is 9.59 Å². The fourth-order valence-electron chi connectivity index (χ4n) is 3.00. The maximum Gasteiger partial charge on any atom is 0.328 e. The van der Waals surface area contributed by atoms with Crippen molar-refractivity contribution in [2.45, 2.75) is 12.5 Å². The third-order valence-corrected chi connectivity index (χ3v) is 5.69.